The van der Waals surface area contributed by atoms with Gasteiger partial charge in [-0.15, -0.1) is 0 Å². The summed E-state index contributed by atoms with van der Waals surface area (Å²) in [6.45, 7) is 5.67. The third kappa shape index (κ3) is 3.38. The smallest absolute Gasteiger partial charge is 0.157 e. The number of aromatic nitrogens is 2. The van der Waals surface area contributed by atoms with Gasteiger partial charge in [-0.05, 0) is 13.8 Å². The van der Waals surface area contributed by atoms with Crippen LogP contribution in [-0.2, 0) is 11.3 Å². The van der Waals surface area contributed by atoms with E-state index in [-0.39, 0.29) is 6.10 Å². The van der Waals surface area contributed by atoms with Crippen LogP contribution in [0.2, 0.25) is 0 Å². The van der Waals surface area contributed by atoms with E-state index in [0.29, 0.717) is 0 Å². The van der Waals surface area contributed by atoms with Crippen LogP contribution in [0.1, 0.15) is 20.3 Å². The molecule has 0 saturated heterocycles. The topological polar surface area (TPSA) is 36.3 Å². The van der Waals surface area contributed by atoms with Crippen LogP contribution in [-0.4, -0.2) is 29.6 Å². The van der Waals surface area contributed by atoms with E-state index in [1.165, 1.54) is 0 Å². The molecule has 4 nitrogen and oxygen atoms in total. The Balaban J connectivity index is 2.35. The molecule has 0 amide bonds. The van der Waals surface area contributed by atoms with Crippen molar-refractivity contribution in [2.24, 2.45) is 0 Å². The van der Waals surface area contributed by atoms with Crippen molar-refractivity contribution in [3.05, 3.63) is 12.4 Å². The number of aryl methyl sites for hydroxylation is 1. The number of ether oxygens (including phenoxy) is 2. The standard InChI is InChI=1S/C10H18N2O2/c1-4-12-8-10(7-11-12)14-9(2)5-6-13-3/h7-9H,4-6H2,1-3H3. The highest BCUT2D eigenvalue weighted by atomic mass is 16.5. The summed E-state index contributed by atoms with van der Waals surface area (Å²) in [7, 11) is 1.70. The van der Waals surface area contributed by atoms with Gasteiger partial charge in [0.25, 0.3) is 0 Å². The van der Waals surface area contributed by atoms with E-state index in [9.17, 15) is 0 Å². The van der Waals surface area contributed by atoms with E-state index >= 15 is 0 Å². The molecule has 0 spiro atoms. The van der Waals surface area contributed by atoms with Gasteiger partial charge in [0.1, 0.15) is 0 Å². The molecule has 0 fully saturated rings. The minimum atomic E-state index is 0.171. The number of rotatable bonds is 6. The zero-order valence-corrected chi connectivity index (χ0v) is 9.06. The Labute approximate surface area is 84.8 Å². The summed E-state index contributed by atoms with van der Waals surface area (Å²) in [6.07, 6.45) is 4.72. The molecule has 0 aromatic carbocycles. The number of nitrogens with zero attached hydrogens (tertiary/aromatic N) is 2. The molecule has 1 unspecified atom stereocenters. The molecular weight excluding hydrogens is 180 g/mol. The molecule has 0 saturated carbocycles. The second kappa shape index (κ2) is 5.65. The zero-order valence-electron chi connectivity index (χ0n) is 9.06. The lowest BCUT2D eigenvalue weighted by Gasteiger charge is -2.11. The van der Waals surface area contributed by atoms with E-state index in [1.54, 1.807) is 13.3 Å². The summed E-state index contributed by atoms with van der Waals surface area (Å²) in [6, 6.07) is 0. The third-order valence-corrected chi connectivity index (χ3v) is 2.00. The number of methoxy groups -OCH3 is 1. The van der Waals surface area contributed by atoms with Crippen LogP contribution >= 0.6 is 0 Å². The lowest BCUT2D eigenvalue weighted by atomic mass is 10.3. The summed E-state index contributed by atoms with van der Waals surface area (Å²) in [5, 5.41) is 4.13. The van der Waals surface area contributed by atoms with Crippen LogP contribution in [0.3, 0.4) is 0 Å². The van der Waals surface area contributed by atoms with Crippen molar-refractivity contribution in [2.75, 3.05) is 13.7 Å². The SMILES string of the molecule is CCn1cc(OC(C)CCOC)cn1. The lowest BCUT2D eigenvalue weighted by molar-refractivity contribution is 0.135. The molecular formula is C10H18N2O2. The fraction of sp³-hybridized carbons (Fsp3) is 0.700. The fourth-order valence-corrected chi connectivity index (χ4v) is 1.15. The average molecular weight is 198 g/mol. The third-order valence-electron chi connectivity index (χ3n) is 2.00. The first-order valence-corrected chi connectivity index (χ1v) is 4.94. The maximum absolute atomic E-state index is 5.64. The predicted octanol–water partition coefficient (Wildman–Crippen LogP) is 1.71. The molecule has 0 radical (unpaired) electrons. The molecule has 0 aliphatic carbocycles. The summed E-state index contributed by atoms with van der Waals surface area (Å²) in [4.78, 5) is 0. The second-order valence-electron chi connectivity index (χ2n) is 3.24. The van der Waals surface area contributed by atoms with E-state index < -0.39 is 0 Å². The van der Waals surface area contributed by atoms with Gasteiger partial charge in [0.05, 0.1) is 18.5 Å². The highest BCUT2D eigenvalue weighted by Gasteiger charge is 2.05. The van der Waals surface area contributed by atoms with Gasteiger partial charge in [-0.2, -0.15) is 5.10 Å². The molecule has 1 atom stereocenters. The van der Waals surface area contributed by atoms with Crippen LogP contribution in [0.4, 0.5) is 0 Å². The average Bonchev–Trinajstić information content (AvgIpc) is 2.62. The molecule has 1 heterocycles. The monoisotopic (exact) mass is 198 g/mol. The molecule has 4 heteroatoms. The van der Waals surface area contributed by atoms with Crippen molar-refractivity contribution in [2.45, 2.75) is 32.9 Å². The predicted molar refractivity (Wildman–Crippen MR) is 54.5 cm³/mol. The Morgan fingerprint density at radius 3 is 2.93 bits per heavy atom. The van der Waals surface area contributed by atoms with Gasteiger partial charge in [0, 0.05) is 26.7 Å². The molecule has 1 aromatic rings. The normalized spacial score (nSPS) is 12.8. The zero-order chi connectivity index (χ0) is 10.4. The van der Waals surface area contributed by atoms with E-state index in [1.807, 2.05) is 24.7 Å². The van der Waals surface area contributed by atoms with Crippen molar-refractivity contribution in [1.82, 2.24) is 9.78 Å². The van der Waals surface area contributed by atoms with Gasteiger partial charge in [0.15, 0.2) is 5.75 Å². The molecule has 0 N–H and O–H groups in total. The van der Waals surface area contributed by atoms with Crippen molar-refractivity contribution in [1.29, 1.82) is 0 Å². The Bertz CT molecular complexity index is 260. The lowest BCUT2D eigenvalue weighted by Crippen LogP contribution is -2.13. The molecule has 0 aliphatic rings. The van der Waals surface area contributed by atoms with Crippen LogP contribution in [0, 0.1) is 0 Å². The van der Waals surface area contributed by atoms with Gasteiger partial charge < -0.3 is 9.47 Å². The van der Waals surface area contributed by atoms with Gasteiger partial charge in [0.2, 0.25) is 0 Å². The second-order valence-corrected chi connectivity index (χ2v) is 3.24. The Hall–Kier alpha value is -1.03. The maximum Gasteiger partial charge on any atom is 0.157 e. The molecule has 1 rings (SSSR count). The summed E-state index contributed by atoms with van der Waals surface area (Å²) >= 11 is 0. The van der Waals surface area contributed by atoms with Crippen LogP contribution < -0.4 is 4.74 Å². The quantitative estimate of drug-likeness (QED) is 0.698. The summed E-state index contributed by atoms with van der Waals surface area (Å²) in [5.41, 5.74) is 0. The first-order chi connectivity index (χ1) is 6.76. The largest absolute Gasteiger partial charge is 0.487 e. The van der Waals surface area contributed by atoms with Crippen LogP contribution in [0.15, 0.2) is 12.4 Å². The fourth-order valence-electron chi connectivity index (χ4n) is 1.15. The minimum absolute atomic E-state index is 0.171. The van der Waals surface area contributed by atoms with Gasteiger partial charge in [-0.1, -0.05) is 0 Å². The Kier molecular flexibility index (Phi) is 4.46. The number of hydrogen-bond acceptors (Lipinski definition) is 3. The number of hydrogen-bond donors (Lipinski definition) is 0. The van der Waals surface area contributed by atoms with Crippen LogP contribution in [0.25, 0.3) is 0 Å². The maximum atomic E-state index is 5.64. The van der Waals surface area contributed by atoms with Crippen molar-refractivity contribution in [3.63, 3.8) is 0 Å². The van der Waals surface area contributed by atoms with Gasteiger partial charge in [-0.3, -0.25) is 4.68 Å². The Morgan fingerprint density at radius 1 is 1.57 bits per heavy atom. The summed E-state index contributed by atoms with van der Waals surface area (Å²) < 4.78 is 12.5. The van der Waals surface area contributed by atoms with Crippen molar-refractivity contribution >= 4 is 0 Å². The van der Waals surface area contributed by atoms with E-state index in [4.69, 9.17) is 9.47 Å². The molecule has 1 aromatic heterocycles. The molecule has 80 valence electrons. The van der Waals surface area contributed by atoms with Crippen LogP contribution in [0.5, 0.6) is 5.75 Å². The van der Waals surface area contributed by atoms with E-state index in [0.717, 1.165) is 25.3 Å². The minimum Gasteiger partial charge on any atom is -0.487 e. The highest BCUT2D eigenvalue weighted by Crippen LogP contribution is 2.11. The first kappa shape index (κ1) is 11.0. The molecule has 0 aliphatic heterocycles. The van der Waals surface area contributed by atoms with Crippen molar-refractivity contribution < 1.29 is 9.47 Å². The van der Waals surface area contributed by atoms with Gasteiger partial charge in [-0.25, -0.2) is 0 Å². The highest BCUT2D eigenvalue weighted by molar-refractivity contribution is 5.11. The van der Waals surface area contributed by atoms with E-state index in [2.05, 4.69) is 5.10 Å². The molecule has 14 heavy (non-hydrogen) atoms. The summed E-state index contributed by atoms with van der Waals surface area (Å²) in [5.74, 6) is 0.829. The molecule has 0 bridgehead atoms. The van der Waals surface area contributed by atoms with Crippen molar-refractivity contribution in [3.8, 4) is 5.75 Å². The van der Waals surface area contributed by atoms with Gasteiger partial charge >= 0.3 is 0 Å². The first-order valence-electron chi connectivity index (χ1n) is 4.94. The Morgan fingerprint density at radius 2 is 2.36 bits per heavy atom.